The minimum Gasteiger partial charge on any atom is -0.497 e. The summed E-state index contributed by atoms with van der Waals surface area (Å²) in [6.45, 7) is 0.247. The highest BCUT2D eigenvalue weighted by Crippen LogP contribution is 2.28. The van der Waals surface area contributed by atoms with Gasteiger partial charge in [0.2, 0.25) is 10.0 Å². The number of hydrogen-bond acceptors (Lipinski definition) is 4. The molecule has 106 valence electrons. The second kappa shape index (κ2) is 5.94. The molecule has 2 rings (SSSR count). The molecular formula is C14H15NO4S. The van der Waals surface area contributed by atoms with Crippen molar-refractivity contribution in [1.29, 1.82) is 0 Å². The van der Waals surface area contributed by atoms with Crippen LogP contribution < -0.4 is 14.6 Å². The molecule has 0 aliphatic rings. The number of hydrogen-bond donors (Lipinski definition) is 1. The first-order chi connectivity index (χ1) is 9.50. The maximum atomic E-state index is 11.5. The summed E-state index contributed by atoms with van der Waals surface area (Å²) in [5.41, 5.74) is 0.927. The first-order valence-electron chi connectivity index (χ1n) is 5.88. The number of ether oxygens (including phenoxy) is 2. The second-order valence-corrected chi connectivity index (χ2v) is 5.66. The van der Waals surface area contributed by atoms with Gasteiger partial charge in [0.1, 0.15) is 23.0 Å². The largest absolute Gasteiger partial charge is 0.497 e. The Morgan fingerprint density at radius 1 is 1.10 bits per heavy atom. The van der Waals surface area contributed by atoms with E-state index in [0.717, 1.165) is 5.56 Å². The molecule has 0 amide bonds. The van der Waals surface area contributed by atoms with E-state index in [0.29, 0.717) is 5.75 Å². The summed E-state index contributed by atoms with van der Waals surface area (Å²) in [5, 5.41) is 5.17. The van der Waals surface area contributed by atoms with Crippen molar-refractivity contribution in [1.82, 2.24) is 0 Å². The fourth-order valence-corrected chi connectivity index (χ4v) is 2.35. The highest BCUT2D eigenvalue weighted by molar-refractivity contribution is 7.89. The highest BCUT2D eigenvalue weighted by Gasteiger charge is 2.16. The maximum absolute atomic E-state index is 11.5. The molecule has 0 unspecified atom stereocenters. The summed E-state index contributed by atoms with van der Waals surface area (Å²) < 4.78 is 33.7. The van der Waals surface area contributed by atoms with Gasteiger partial charge in [-0.05, 0) is 17.7 Å². The first-order valence-corrected chi connectivity index (χ1v) is 7.43. The van der Waals surface area contributed by atoms with Crippen LogP contribution in [0.3, 0.4) is 0 Å². The van der Waals surface area contributed by atoms with Crippen LogP contribution in [0.5, 0.6) is 11.5 Å². The molecule has 0 aliphatic carbocycles. The van der Waals surface area contributed by atoms with Gasteiger partial charge in [-0.2, -0.15) is 0 Å². The van der Waals surface area contributed by atoms with Gasteiger partial charge in [-0.1, -0.05) is 30.3 Å². The summed E-state index contributed by atoms with van der Waals surface area (Å²) in [5.74, 6) is 0.677. The van der Waals surface area contributed by atoms with E-state index < -0.39 is 10.0 Å². The zero-order chi connectivity index (χ0) is 14.6. The fraction of sp³-hybridized carbons (Fsp3) is 0.143. The molecule has 0 aromatic heterocycles. The minimum absolute atomic E-state index is 0.0609. The Hall–Kier alpha value is -2.05. The average molecular weight is 293 g/mol. The van der Waals surface area contributed by atoms with Gasteiger partial charge >= 0.3 is 0 Å². The molecule has 0 saturated carbocycles. The molecule has 0 radical (unpaired) electrons. The number of primary sulfonamides is 1. The molecule has 2 aromatic rings. The van der Waals surface area contributed by atoms with Gasteiger partial charge in [0, 0.05) is 6.07 Å². The Kier molecular flexibility index (Phi) is 4.26. The molecule has 5 nitrogen and oxygen atoms in total. The van der Waals surface area contributed by atoms with E-state index in [1.807, 2.05) is 30.3 Å². The second-order valence-electron chi connectivity index (χ2n) is 4.13. The van der Waals surface area contributed by atoms with Crippen molar-refractivity contribution in [2.24, 2.45) is 5.14 Å². The number of sulfonamides is 1. The van der Waals surface area contributed by atoms with Gasteiger partial charge in [0.15, 0.2) is 0 Å². The maximum Gasteiger partial charge on any atom is 0.241 e. The van der Waals surface area contributed by atoms with Crippen LogP contribution in [0.1, 0.15) is 5.56 Å². The third-order valence-corrected chi connectivity index (χ3v) is 3.64. The Balaban J connectivity index is 2.29. The summed E-state index contributed by atoms with van der Waals surface area (Å²) in [4.78, 5) is -0.0609. The Morgan fingerprint density at radius 2 is 1.80 bits per heavy atom. The van der Waals surface area contributed by atoms with Crippen LogP contribution in [-0.2, 0) is 16.6 Å². The zero-order valence-electron chi connectivity index (χ0n) is 10.9. The smallest absolute Gasteiger partial charge is 0.241 e. The van der Waals surface area contributed by atoms with Gasteiger partial charge < -0.3 is 9.47 Å². The van der Waals surface area contributed by atoms with Crippen LogP contribution in [0.15, 0.2) is 53.4 Å². The molecule has 0 saturated heterocycles. The number of nitrogens with two attached hydrogens (primary N) is 1. The van der Waals surface area contributed by atoms with Crippen LogP contribution in [0.4, 0.5) is 0 Å². The first kappa shape index (κ1) is 14.4. The van der Waals surface area contributed by atoms with Crippen LogP contribution in [0.25, 0.3) is 0 Å². The predicted molar refractivity (Wildman–Crippen MR) is 75.1 cm³/mol. The highest BCUT2D eigenvalue weighted by atomic mass is 32.2. The summed E-state index contributed by atoms with van der Waals surface area (Å²) in [7, 11) is -2.35. The van der Waals surface area contributed by atoms with Crippen LogP contribution in [-0.4, -0.2) is 15.5 Å². The lowest BCUT2D eigenvalue weighted by molar-refractivity contribution is 0.295. The fourth-order valence-electron chi connectivity index (χ4n) is 1.70. The van der Waals surface area contributed by atoms with Crippen molar-refractivity contribution in [2.75, 3.05) is 7.11 Å². The lowest BCUT2D eigenvalue weighted by Gasteiger charge is -2.11. The molecule has 6 heteroatoms. The molecule has 20 heavy (non-hydrogen) atoms. The van der Waals surface area contributed by atoms with Crippen LogP contribution in [0, 0.1) is 0 Å². The third-order valence-electron chi connectivity index (χ3n) is 2.69. The monoisotopic (exact) mass is 293 g/mol. The Labute approximate surface area is 118 Å². The minimum atomic E-state index is -3.84. The molecule has 0 atom stereocenters. The van der Waals surface area contributed by atoms with Crippen molar-refractivity contribution in [3.63, 3.8) is 0 Å². The average Bonchev–Trinajstić information content (AvgIpc) is 2.45. The van der Waals surface area contributed by atoms with Crippen molar-refractivity contribution < 1.29 is 17.9 Å². The van der Waals surface area contributed by atoms with Gasteiger partial charge in [-0.25, -0.2) is 13.6 Å². The van der Waals surface area contributed by atoms with E-state index in [4.69, 9.17) is 14.6 Å². The van der Waals surface area contributed by atoms with E-state index in [2.05, 4.69) is 0 Å². The lowest BCUT2D eigenvalue weighted by atomic mass is 10.2. The van der Waals surface area contributed by atoms with Crippen LogP contribution >= 0.6 is 0 Å². The van der Waals surface area contributed by atoms with E-state index in [1.54, 1.807) is 0 Å². The normalized spacial score (nSPS) is 11.1. The molecule has 0 bridgehead atoms. The third kappa shape index (κ3) is 3.49. The van der Waals surface area contributed by atoms with Crippen molar-refractivity contribution >= 4 is 10.0 Å². The van der Waals surface area contributed by atoms with Crippen molar-refractivity contribution in [2.45, 2.75) is 11.5 Å². The molecule has 2 aromatic carbocycles. The van der Waals surface area contributed by atoms with Crippen LogP contribution in [0.2, 0.25) is 0 Å². The number of methoxy groups -OCH3 is 1. The molecule has 0 heterocycles. The van der Waals surface area contributed by atoms with Gasteiger partial charge in [0.25, 0.3) is 0 Å². The van der Waals surface area contributed by atoms with Gasteiger partial charge in [-0.15, -0.1) is 0 Å². The Morgan fingerprint density at radius 3 is 2.40 bits per heavy atom. The quantitative estimate of drug-likeness (QED) is 0.913. The molecule has 0 aliphatic heterocycles. The number of benzene rings is 2. The topological polar surface area (TPSA) is 78.6 Å². The van der Waals surface area contributed by atoms with E-state index in [9.17, 15) is 8.42 Å². The molecule has 0 spiro atoms. The summed E-state index contributed by atoms with van der Waals surface area (Å²) in [6, 6.07) is 13.8. The van der Waals surface area contributed by atoms with Gasteiger partial charge in [-0.3, -0.25) is 0 Å². The van der Waals surface area contributed by atoms with Crippen molar-refractivity contribution in [3.05, 3.63) is 54.1 Å². The van der Waals surface area contributed by atoms with E-state index in [-0.39, 0.29) is 17.3 Å². The summed E-state index contributed by atoms with van der Waals surface area (Å²) in [6.07, 6.45) is 0. The predicted octanol–water partition coefficient (Wildman–Crippen LogP) is 1.92. The standard InChI is InChI=1S/C14H15NO4S/c1-18-12-7-8-14(20(15,16)17)13(9-12)19-10-11-5-3-2-4-6-11/h2-9H,10H2,1H3,(H2,15,16,17). The molecular weight excluding hydrogens is 278 g/mol. The Bertz CT molecular complexity index is 684. The van der Waals surface area contributed by atoms with E-state index in [1.165, 1.54) is 25.3 Å². The van der Waals surface area contributed by atoms with E-state index >= 15 is 0 Å². The SMILES string of the molecule is COc1ccc(S(N)(=O)=O)c(OCc2ccccc2)c1. The molecule has 0 fully saturated rings. The number of rotatable bonds is 5. The van der Waals surface area contributed by atoms with Gasteiger partial charge in [0.05, 0.1) is 7.11 Å². The lowest BCUT2D eigenvalue weighted by Crippen LogP contribution is -2.14. The molecule has 2 N–H and O–H groups in total. The zero-order valence-corrected chi connectivity index (χ0v) is 11.8. The summed E-state index contributed by atoms with van der Waals surface area (Å²) >= 11 is 0. The van der Waals surface area contributed by atoms with Crippen molar-refractivity contribution in [3.8, 4) is 11.5 Å².